The fourth-order valence-electron chi connectivity index (χ4n) is 4.02. The van der Waals surface area contributed by atoms with E-state index in [0.29, 0.717) is 22.1 Å². The number of nitrogens with zero attached hydrogens (tertiary/aromatic N) is 4. The number of piperidine rings is 1. The highest BCUT2D eigenvalue weighted by Crippen LogP contribution is 2.31. The zero-order chi connectivity index (χ0) is 24.5. The molecule has 0 atom stereocenters. The Hall–Kier alpha value is -3.99. The van der Waals surface area contributed by atoms with Crippen molar-refractivity contribution < 1.29 is 23.9 Å². The summed E-state index contributed by atoms with van der Waals surface area (Å²) in [6.07, 6.45) is 4.64. The number of fused-ring (bicyclic) bond motifs is 1. The van der Waals surface area contributed by atoms with E-state index < -0.39 is 11.9 Å². The molecule has 2 N–H and O–H groups in total. The van der Waals surface area contributed by atoms with Gasteiger partial charge in [-0.25, -0.2) is 4.79 Å². The zero-order valence-corrected chi connectivity index (χ0v) is 19.4. The summed E-state index contributed by atoms with van der Waals surface area (Å²) < 4.78 is 5.78. The van der Waals surface area contributed by atoms with Gasteiger partial charge in [-0.3, -0.25) is 15.0 Å². The summed E-state index contributed by atoms with van der Waals surface area (Å²) in [5.74, 6) is -1.08. The van der Waals surface area contributed by atoms with Crippen LogP contribution in [0.15, 0.2) is 56.5 Å². The van der Waals surface area contributed by atoms with Gasteiger partial charge in [0.15, 0.2) is 5.84 Å². The van der Waals surface area contributed by atoms with E-state index in [1.165, 1.54) is 23.2 Å². The van der Waals surface area contributed by atoms with Crippen LogP contribution in [0.3, 0.4) is 0 Å². The molecule has 0 spiro atoms. The highest BCUT2D eigenvalue weighted by atomic mass is 32.2. The van der Waals surface area contributed by atoms with Crippen molar-refractivity contribution in [3.05, 3.63) is 53.3 Å². The number of amidine groups is 2. The lowest BCUT2D eigenvalue weighted by molar-refractivity contribution is -0.130. The minimum Gasteiger partial charge on any atom is -0.478 e. The van der Waals surface area contributed by atoms with Crippen molar-refractivity contribution >= 4 is 51.7 Å². The molecular weight excluding hydrogens is 470 g/mol. The molecule has 2 aromatic rings. The molecule has 0 bridgehead atoms. The van der Waals surface area contributed by atoms with Gasteiger partial charge in [-0.2, -0.15) is 15.1 Å². The van der Waals surface area contributed by atoms with Crippen molar-refractivity contribution in [2.75, 3.05) is 13.1 Å². The van der Waals surface area contributed by atoms with Gasteiger partial charge in [0.1, 0.15) is 16.6 Å². The number of hydrogen-bond donors (Lipinski definition) is 2. The highest BCUT2D eigenvalue weighted by Gasteiger charge is 2.36. The van der Waals surface area contributed by atoms with E-state index in [4.69, 9.17) is 9.83 Å². The van der Waals surface area contributed by atoms with Gasteiger partial charge in [-0.05, 0) is 61.4 Å². The topological polar surface area (TPSA) is 140 Å². The molecule has 1 aromatic carbocycles. The number of amides is 2. The van der Waals surface area contributed by atoms with Gasteiger partial charge in [0, 0.05) is 18.7 Å². The molecule has 5 rings (SSSR count). The number of carboxylic acids is 1. The summed E-state index contributed by atoms with van der Waals surface area (Å²) in [4.78, 5) is 42.3. The van der Waals surface area contributed by atoms with E-state index in [1.807, 2.05) is 4.90 Å². The number of hydrogen-bond acceptors (Lipinski definition) is 7. The lowest BCUT2D eigenvalue weighted by Crippen LogP contribution is -2.36. The van der Waals surface area contributed by atoms with Crippen molar-refractivity contribution in [2.45, 2.75) is 25.7 Å². The van der Waals surface area contributed by atoms with Crippen LogP contribution in [0, 0.1) is 5.41 Å². The predicted molar refractivity (Wildman–Crippen MR) is 131 cm³/mol. The maximum Gasteiger partial charge on any atom is 0.335 e. The Bertz CT molecular complexity index is 1340. The first-order valence-electron chi connectivity index (χ1n) is 11.1. The van der Waals surface area contributed by atoms with Gasteiger partial charge in [-0.1, -0.05) is 12.1 Å². The normalized spacial score (nSPS) is 19.0. The van der Waals surface area contributed by atoms with Gasteiger partial charge in [0.2, 0.25) is 11.1 Å². The van der Waals surface area contributed by atoms with Crippen LogP contribution in [-0.2, 0) is 9.59 Å². The number of hydrazone groups is 1. The number of rotatable bonds is 5. The minimum atomic E-state index is -1.04. The van der Waals surface area contributed by atoms with E-state index >= 15 is 0 Å². The zero-order valence-electron chi connectivity index (χ0n) is 18.6. The number of carbonyl (C=O) groups is 3. The maximum atomic E-state index is 12.7. The average molecular weight is 492 g/mol. The molecule has 0 radical (unpaired) electrons. The van der Waals surface area contributed by atoms with E-state index in [1.54, 1.807) is 24.3 Å². The quantitative estimate of drug-likeness (QED) is 0.608. The molecule has 1 fully saturated rings. The molecule has 11 heteroatoms. The van der Waals surface area contributed by atoms with Crippen LogP contribution >= 0.6 is 11.8 Å². The molecule has 2 amide bonds. The van der Waals surface area contributed by atoms with E-state index in [2.05, 4.69) is 10.1 Å². The highest BCUT2D eigenvalue weighted by molar-refractivity contribution is 8.27. The molecule has 3 aliphatic heterocycles. The van der Waals surface area contributed by atoms with Crippen molar-refractivity contribution in [1.29, 1.82) is 5.41 Å². The summed E-state index contributed by atoms with van der Waals surface area (Å²) in [5.41, 5.74) is 0.703. The Morgan fingerprint density at radius 2 is 1.97 bits per heavy atom. The van der Waals surface area contributed by atoms with Crippen molar-refractivity contribution in [3.8, 4) is 11.3 Å². The Balaban J connectivity index is 1.33. The third kappa shape index (κ3) is 4.67. The molecule has 35 heavy (non-hydrogen) atoms. The minimum absolute atomic E-state index is 0.00175. The molecule has 1 saturated heterocycles. The van der Waals surface area contributed by atoms with E-state index in [9.17, 15) is 19.5 Å². The second kappa shape index (κ2) is 9.34. The summed E-state index contributed by atoms with van der Waals surface area (Å²) in [5, 5.41) is 24.1. The van der Waals surface area contributed by atoms with Crippen molar-refractivity contribution in [2.24, 2.45) is 10.1 Å². The maximum absolute atomic E-state index is 12.7. The number of benzene rings is 1. The van der Waals surface area contributed by atoms with Crippen LogP contribution < -0.4 is 0 Å². The number of nitrogens with one attached hydrogen (secondary N) is 1. The van der Waals surface area contributed by atoms with Gasteiger partial charge in [0.05, 0.1) is 17.6 Å². The van der Waals surface area contributed by atoms with Crippen LogP contribution in [0.4, 0.5) is 0 Å². The van der Waals surface area contributed by atoms with Crippen LogP contribution in [-0.4, -0.2) is 61.9 Å². The number of aromatic carboxylic acids is 1. The summed E-state index contributed by atoms with van der Waals surface area (Å²) >= 11 is 1.13. The first kappa shape index (κ1) is 22.8. The Morgan fingerprint density at radius 3 is 2.74 bits per heavy atom. The summed E-state index contributed by atoms with van der Waals surface area (Å²) in [6.45, 7) is 1.49. The molecule has 3 aliphatic rings. The Kier molecular flexibility index (Phi) is 6.08. The standard InChI is InChI=1S/C24H21N5O5S/c25-21-17(12-16-7-8-18(34-16)14-5-4-6-15(11-14)23(32)33)22(31)26-24-29(21)27-19(35-24)13-20(30)28-9-2-1-3-10-28/h4-8,11-12,25H,1-3,9-10,13H2,(H,32,33)/b17-12-,25-21?. The van der Waals surface area contributed by atoms with Crippen LogP contribution in [0.5, 0.6) is 0 Å². The molecule has 178 valence electrons. The number of furan rings is 1. The third-order valence-corrected chi connectivity index (χ3v) is 6.72. The predicted octanol–water partition coefficient (Wildman–Crippen LogP) is 3.67. The van der Waals surface area contributed by atoms with Crippen molar-refractivity contribution in [1.82, 2.24) is 9.91 Å². The van der Waals surface area contributed by atoms with E-state index in [0.717, 1.165) is 44.1 Å². The molecule has 1 aromatic heterocycles. The molecule has 10 nitrogen and oxygen atoms in total. The second-order valence-corrected chi connectivity index (χ2v) is 9.26. The molecule has 0 saturated carbocycles. The monoisotopic (exact) mass is 491 g/mol. The molecule has 4 heterocycles. The number of likely N-dealkylation sites (tertiary alicyclic amines) is 1. The van der Waals surface area contributed by atoms with Crippen molar-refractivity contribution in [3.63, 3.8) is 0 Å². The van der Waals surface area contributed by atoms with Gasteiger partial charge >= 0.3 is 5.97 Å². The van der Waals surface area contributed by atoms with Gasteiger partial charge < -0.3 is 14.4 Å². The first-order valence-corrected chi connectivity index (χ1v) is 11.9. The second-order valence-electron chi connectivity index (χ2n) is 8.22. The van der Waals surface area contributed by atoms with Gasteiger partial charge in [0.25, 0.3) is 5.91 Å². The number of carboxylic acid groups (broad SMARTS) is 1. The van der Waals surface area contributed by atoms with Crippen LogP contribution in [0.2, 0.25) is 0 Å². The number of carbonyl (C=O) groups excluding carboxylic acids is 2. The van der Waals surface area contributed by atoms with Gasteiger partial charge in [-0.15, -0.1) is 0 Å². The SMILES string of the molecule is N=C1/C(=C/c2ccc(-c3cccc(C(=O)O)c3)o2)C(=O)N=C2SC(CC(=O)N3CCCCC3)=NN12. The molecular formula is C24H21N5O5S. The van der Waals surface area contributed by atoms with Crippen LogP contribution in [0.25, 0.3) is 17.4 Å². The molecule has 0 aliphatic carbocycles. The lowest BCUT2D eigenvalue weighted by Gasteiger charge is -2.26. The van der Waals surface area contributed by atoms with E-state index in [-0.39, 0.29) is 34.5 Å². The Labute approximate surface area is 204 Å². The smallest absolute Gasteiger partial charge is 0.335 e. The van der Waals surface area contributed by atoms with Crippen LogP contribution in [0.1, 0.15) is 41.8 Å². The Morgan fingerprint density at radius 1 is 1.17 bits per heavy atom. The third-order valence-electron chi connectivity index (χ3n) is 5.81. The number of aliphatic imine (C=N–C) groups is 1. The molecule has 0 unspecified atom stereocenters. The number of thioether (sulfide) groups is 1. The lowest BCUT2D eigenvalue weighted by atomic mass is 10.1. The summed E-state index contributed by atoms with van der Waals surface area (Å²) in [6, 6.07) is 9.60. The fourth-order valence-corrected chi connectivity index (χ4v) is 4.90. The fraction of sp³-hybridized carbons (Fsp3) is 0.250. The largest absolute Gasteiger partial charge is 0.478 e. The summed E-state index contributed by atoms with van der Waals surface area (Å²) in [7, 11) is 0. The average Bonchev–Trinajstić information content (AvgIpc) is 3.49. The first-order chi connectivity index (χ1) is 16.9.